The van der Waals surface area contributed by atoms with Crippen LogP contribution in [0.15, 0.2) is 0 Å². The second-order valence-electron chi connectivity index (χ2n) is 2.71. The van der Waals surface area contributed by atoms with E-state index in [0.717, 1.165) is 26.4 Å². The minimum atomic E-state index is -0.306. The first-order chi connectivity index (χ1) is 5.76. The predicted molar refractivity (Wildman–Crippen MR) is 49.9 cm³/mol. The van der Waals surface area contributed by atoms with Crippen molar-refractivity contribution >= 4 is 0 Å². The molecule has 3 nitrogen and oxygen atoms in total. The molecule has 0 spiro atoms. The lowest BCUT2D eigenvalue weighted by Gasteiger charge is -2.17. The lowest BCUT2D eigenvalue weighted by molar-refractivity contribution is 0.0584. The van der Waals surface area contributed by atoms with Crippen LogP contribution in [0, 0.1) is 5.92 Å². The molecule has 76 valence electrons. The second-order valence-corrected chi connectivity index (χ2v) is 2.71. The van der Waals surface area contributed by atoms with Gasteiger partial charge in [-0.2, -0.15) is 0 Å². The highest BCUT2D eigenvalue weighted by Gasteiger charge is 2.14. The van der Waals surface area contributed by atoms with Gasteiger partial charge in [0.05, 0.1) is 6.10 Å². The Morgan fingerprint density at radius 3 is 1.92 bits per heavy atom. The molecule has 0 bridgehead atoms. The molecule has 0 saturated carbocycles. The highest BCUT2D eigenvalue weighted by Crippen LogP contribution is 2.11. The summed E-state index contributed by atoms with van der Waals surface area (Å²) in [5, 5.41) is 25.1. The third-order valence-electron chi connectivity index (χ3n) is 1.89. The van der Waals surface area contributed by atoms with Gasteiger partial charge in [0, 0.05) is 19.6 Å². The number of aliphatic hydroxyl groups is 3. The average molecular weight is 178 g/mol. The van der Waals surface area contributed by atoms with Gasteiger partial charge < -0.3 is 15.3 Å². The van der Waals surface area contributed by atoms with Gasteiger partial charge in [-0.3, -0.25) is 0 Å². The van der Waals surface area contributed by atoms with E-state index < -0.39 is 0 Å². The Morgan fingerprint density at radius 1 is 1.17 bits per heavy atom. The lowest BCUT2D eigenvalue weighted by Crippen LogP contribution is -2.22. The van der Waals surface area contributed by atoms with Gasteiger partial charge in [0.15, 0.2) is 0 Å². The summed E-state index contributed by atoms with van der Waals surface area (Å²) in [4.78, 5) is 0. The first-order valence-electron chi connectivity index (χ1n) is 4.49. The van der Waals surface area contributed by atoms with Crippen molar-refractivity contribution in [1.29, 1.82) is 0 Å². The molecule has 0 fully saturated rings. The van der Waals surface area contributed by atoms with Crippen molar-refractivity contribution < 1.29 is 15.3 Å². The molecular weight excluding hydrogens is 156 g/mol. The van der Waals surface area contributed by atoms with Gasteiger partial charge in [-0.05, 0) is 12.8 Å². The topological polar surface area (TPSA) is 60.7 Å². The van der Waals surface area contributed by atoms with Gasteiger partial charge in [-0.15, -0.1) is 0 Å². The van der Waals surface area contributed by atoms with Crippen molar-refractivity contribution in [3.05, 3.63) is 0 Å². The highest BCUT2D eigenvalue weighted by atomic mass is 16.3. The Hall–Kier alpha value is -0.120. The van der Waals surface area contributed by atoms with Crippen LogP contribution in [0.5, 0.6) is 0 Å². The zero-order valence-corrected chi connectivity index (χ0v) is 8.32. The van der Waals surface area contributed by atoms with E-state index in [-0.39, 0.29) is 18.6 Å². The zero-order chi connectivity index (χ0) is 9.98. The maximum absolute atomic E-state index is 9.35. The first-order valence-corrected chi connectivity index (χ1v) is 4.49. The summed E-state index contributed by atoms with van der Waals surface area (Å²) in [5.41, 5.74) is 0. The van der Waals surface area contributed by atoms with Gasteiger partial charge in [-0.1, -0.05) is 20.3 Å². The standard InChI is InChI=1S/C8H18O2.CH4O/c1-3-5-8(10)7(4-2)6-9;1-2/h7-10H,3-6H2,1-2H3;2H,1H3. The molecule has 12 heavy (non-hydrogen) atoms. The van der Waals surface area contributed by atoms with E-state index in [1.54, 1.807) is 0 Å². The first kappa shape index (κ1) is 14.4. The monoisotopic (exact) mass is 178 g/mol. The SMILES string of the molecule is CCCC(O)C(CC)CO.CO. The van der Waals surface area contributed by atoms with Crippen LogP contribution in [0.25, 0.3) is 0 Å². The molecule has 0 aromatic carbocycles. The molecule has 3 heteroatoms. The summed E-state index contributed by atoms with van der Waals surface area (Å²) in [5.74, 6) is 0.0833. The maximum atomic E-state index is 9.35. The molecule has 0 aliphatic carbocycles. The molecule has 0 aliphatic heterocycles. The van der Waals surface area contributed by atoms with Crippen molar-refractivity contribution in [3.63, 3.8) is 0 Å². The fraction of sp³-hybridized carbons (Fsp3) is 1.00. The number of hydrogen-bond donors (Lipinski definition) is 3. The minimum Gasteiger partial charge on any atom is -0.400 e. The van der Waals surface area contributed by atoms with Crippen LogP contribution in [0.3, 0.4) is 0 Å². The van der Waals surface area contributed by atoms with Crippen molar-refractivity contribution in [1.82, 2.24) is 0 Å². The molecule has 0 saturated heterocycles. The Bertz CT molecular complexity index is 72.2. The van der Waals surface area contributed by atoms with Crippen molar-refractivity contribution in [3.8, 4) is 0 Å². The van der Waals surface area contributed by atoms with Crippen LogP contribution in [-0.2, 0) is 0 Å². The second kappa shape index (κ2) is 10.9. The zero-order valence-electron chi connectivity index (χ0n) is 8.32. The minimum absolute atomic E-state index is 0.0833. The summed E-state index contributed by atoms with van der Waals surface area (Å²) in [7, 11) is 1.00. The Morgan fingerprint density at radius 2 is 1.67 bits per heavy atom. The van der Waals surface area contributed by atoms with E-state index in [9.17, 15) is 5.11 Å². The Kier molecular flexibility index (Phi) is 13.1. The molecule has 2 atom stereocenters. The van der Waals surface area contributed by atoms with E-state index in [1.807, 2.05) is 13.8 Å². The van der Waals surface area contributed by atoms with E-state index in [2.05, 4.69) is 0 Å². The summed E-state index contributed by atoms with van der Waals surface area (Å²) in [6.45, 7) is 4.13. The highest BCUT2D eigenvalue weighted by molar-refractivity contribution is 4.65. The lowest BCUT2D eigenvalue weighted by atomic mass is 9.97. The van der Waals surface area contributed by atoms with Gasteiger partial charge in [-0.25, -0.2) is 0 Å². The maximum Gasteiger partial charge on any atom is 0.0590 e. The smallest absolute Gasteiger partial charge is 0.0590 e. The molecule has 0 aliphatic rings. The quantitative estimate of drug-likeness (QED) is 0.583. The summed E-state index contributed by atoms with van der Waals surface area (Å²) in [6, 6.07) is 0. The van der Waals surface area contributed by atoms with Crippen molar-refractivity contribution in [2.24, 2.45) is 5.92 Å². The van der Waals surface area contributed by atoms with Crippen LogP contribution < -0.4 is 0 Å². The molecule has 0 aromatic heterocycles. The summed E-state index contributed by atoms with van der Waals surface area (Å²) >= 11 is 0. The van der Waals surface area contributed by atoms with Crippen LogP contribution in [0.2, 0.25) is 0 Å². The number of rotatable bonds is 5. The normalized spacial score (nSPS) is 14.5. The fourth-order valence-electron chi connectivity index (χ4n) is 1.05. The van der Waals surface area contributed by atoms with Crippen molar-refractivity contribution in [2.45, 2.75) is 39.2 Å². The van der Waals surface area contributed by atoms with E-state index in [1.165, 1.54) is 0 Å². The number of hydrogen-bond acceptors (Lipinski definition) is 3. The molecular formula is C9H22O3. The summed E-state index contributed by atoms with van der Waals surface area (Å²) in [6.07, 6.45) is 2.34. The molecule has 3 N–H and O–H groups in total. The van der Waals surface area contributed by atoms with Gasteiger partial charge >= 0.3 is 0 Å². The third-order valence-corrected chi connectivity index (χ3v) is 1.89. The van der Waals surface area contributed by atoms with Crippen LogP contribution in [0.1, 0.15) is 33.1 Å². The number of aliphatic hydroxyl groups excluding tert-OH is 3. The molecule has 0 heterocycles. The van der Waals surface area contributed by atoms with E-state index >= 15 is 0 Å². The molecule has 0 amide bonds. The fourth-order valence-corrected chi connectivity index (χ4v) is 1.05. The van der Waals surface area contributed by atoms with Gasteiger partial charge in [0.1, 0.15) is 0 Å². The van der Waals surface area contributed by atoms with Gasteiger partial charge in [0.25, 0.3) is 0 Å². The van der Waals surface area contributed by atoms with E-state index in [4.69, 9.17) is 10.2 Å². The predicted octanol–water partition coefficient (Wildman–Crippen LogP) is 0.774. The molecule has 2 unspecified atom stereocenters. The molecule has 0 rings (SSSR count). The average Bonchev–Trinajstić information content (AvgIpc) is 2.11. The summed E-state index contributed by atoms with van der Waals surface area (Å²) < 4.78 is 0. The van der Waals surface area contributed by atoms with Crippen LogP contribution >= 0.6 is 0 Å². The molecule has 0 aromatic rings. The Balaban J connectivity index is 0. The van der Waals surface area contributed by atoms with Crippen LogP contribution in [-0.4, -0.2) is 35.1 Å². The van der Waals surface area contributed by atoms with Gasteiger partial charge in [0.2, 0.25) is 0 Å². The molecule has 0 radical (unpaired) electrons. The largest absolute Gasteiger partial charge is 0.400 e. The third kappa shape index (κ3) is 6.58. The van der Waals surface area contributed by atoms with Crippen LogP contribution in [0.4, 0.5) is 0 Å². The Labute approximate surface area is 75.0 Å². The van der Waals surface area contributed by atoms with E-state index in [0.29, 0.717) is 0 Å². The van der Waals surface area contributed by atoms with Crippen molar-refractivity contribution in [2.75, 3.05) is 13.7 Å².